The zero-order valence-electron chi connectivity index (χ0n) is 4.78. The summed E-state index contributed by atoms with van der Waals surface area (Å²) >= 11 is 0. The number of hydrogen-bond donors (Lipinski definition) is 3. The summed E-state index contributed by atoms with van der Waals surface area (Å²) in [6.07, 6.45) is -1.14. The monoisotopic (exact) mass is 121 g/mol. The van der Waals surface area contributed by atoms with Gasteiger partial charge >= 0.3 is 0 Å². The molecular formula is C4H11NO3. The minimum atomic E-state index is -1.14. The Morgan fingerprint density at radius 2 is 2.12 bits per heavy atom. The predicted octanol–water partition coefficient (Wildman–Crippen LogP) is -0.992. The second-order valence-corrected chi connectivity index (χ2v) is 1.42. The van der Waals surface area contributed by atoms with Gasteiger partial charge in [0.05, 0.1) is 6.61 Å². The van der Waals surface area contributed by atoms with Crippen LogP contribution in [0.5, 0.6) is 0 Å². The molecule has 0 aliphatic carbocycles. The van der Waals surface area contributed by atoms with Crippen LogP contribution in [-0.2, 0) is 0 Å². The molecule has 0 bridgehead atoms. The van der Waals surface area contributed by atoms with E-state index in [1.54, 1.807) is 6.92 Å². The van der Waals surface area contributed by atoms with Crippen LogP contribution in [0.25, 0.3) is 0 Å². The molecule has 4 nitrogen and oxygen atoms in total. The van der Waals surface area contributed by atoms with Crippen LogP contribution in [0.15, 0.2) is 0 Å². The first kappa shape index (κ1) is 7.84. The lowest BCUT2D eigenvalue weighted by Crippen LogP contribution is -2.34. The van der Waals surface area contributed by atoms with Crippen molar-refractivity contribution in [2.45, 2.75) is 13.2 Å². The molecule has 50 valence electrons. The van der Waals surface area contributed by atoms with Crippen LogP contribution in [0.4, 0.5) is 0 Å². The Bertz CT molecular complexity index is 51.2. The molecule has 0 aromatic carbocycles. The maximum atomic E-state index is 8.55. The maximum Gasteiger partial charge on any atom is 0.152 e. The van der Waals surface area contributed by atoms with Crippen molar-refractivity contribution in [3.05, 3.63) is 0 Å². The molecule has 0 aromatic heterocycles. The van der Waals surface area contributed by atoms with Gasteiger partial charge in [-0.05, 0) is 6.92 Å². The number of hydroxylamine groups is 2. The fourth-order valence-corrected chi connectivity index (χ4v) is 0.305. The van der Waals surface area contributed by atoms with E-state index >= 15 is 0 Å². The van der Waals surface area contributed by atoms with Gasteiger partial charge in [0.1, 0.15) is 0 Å². The molecule has 0 amide bonds. The minimum Gasteiger partial charge on any atom is -0.392 e. The summed E-state index contributed by atoms with van der Waals surface area (Å²) in [5.41, 5.74) is 0. The van der Waals surface area contributed by atoms with Crippen LogP contribution in [0.2, 0.25) is 0 Å². The zero-order chi connectivity index (χ0) is 6.57. The van der Waals surface area contributed by atoms with E-state index in [9.17, 15) is 0 Å². The van der Waals surface area contributed by atoms with E-state index in [4.69, 9.17) is 15.4 Å². The number of nitrogens with zero attached hydrogens (tertiary/aromatic N) is 1. The normalized spacial score (nSPS) is 14.6. The highest BCUT2D eigenvalue weighted by Crippen LogP contribution is 1.86. The van der Waals surface area contributed by atoms with Crippen molar-refractivity contribution in [3.8, 4) is 0 Å². The highest BCUT2D eigenvalue weighted by molar-refractivity contribution is 4.43. The lowest BCUT2D eigenvalue weighted by Gasteiger charge is -2.16. The fourth-order valence-electron chi connectivity index (χ4n) is 0.305. The minimum absolute atomic E-state index is 0.307. The molecule has 0 saturated heterocycles. The summed E-state index contributed by atoms with van der Waals surface area (Å²) in [6.45, 7) is 1.53. The molecule has 8 heavy (non-hydrogen) atoms. The van der Waals surface area contributed by atoms with Gasteiger partial charge in [-0.15, -0.1) is 0 Å². The average molecular weight is 121 g/mol. The molecule has 0 aliphatic rings. The van der Waals surface area contributed by atoms with Crippen molar-refractivity contribution < 1.29 is 15.4 Å². The second kappa shape index (κ2) is 3.80. The van der Waals surface area contributed by atoms with Gasteiger partial charge in [0, 0.05) is 6.54 Å². The molecule has 0 radical (unpaired) electrons. The fraction of sp³-hybridized carbons (Fsp3) is 1.00. The Balaban J connectivity index is 3.29. The number of likely N-dealkylation sites (N-methyl/N-ethyl adjacent to an activating group) is 1. The first-order valence-electron chi connectivity index (χ1n) is 2.46. The van der Waals surface area contributed by atoms with Crippen LogP contribution in [-0.4, -0.2) is 39.9 Å². The molecule has 0 aliphatic heterocycles. The maximum absolute atomic E-state index is 8.55. The van der Waals surface area contributed by atoms with E-state index in [1.165, 1.54) is 0 Å². The summed E-state index contributed by atoms with van der Waals surface area (Å²) in [4.78, 5) is 0. The lowest BCUT2D eigenvalue weighted by atomic mass is 10.5. The molecule has 0 spiro atoms. The van der Waals surface area contributed by atoms with Gasteiger partial charge in [0.25, 0.3) is 0 Å². The summed E-state index contributed by atoms with van der Waals surface area (Å²) in [5.74, 6) is 0. The van der Waals surface area contributed by atoms with Crippen molar-refractivity contribution in [2.75, 3.05) is 13.2 Å². The first-order chi connectivity index (χ1) is 3.72. The SMILES string of the molecule is CCN(O)C(O)CO. The third-order valence-corrected chi connectivity index (χ3v) is 0.831. The van der Waals surface area contributed by atoms with Crippen LogP contribution in [0.3, 0.4) is 0 Å². The molecule has 1 unspecified atom stereocenters. The topological polar surface area (TPSA) is 63.9 Å². The van der Waals surface area contributed by atoms with Crippen molar-refractivity contribution in [2.24, 2.45) is 0 Å². The van der Waals surface area contributed by atoms with Crippen LogP contribution in [0, 0.1) is 0 Å². The number of hydrogen-bond acceptors (Lipinski definition) is 4. The number of aliphatic hydroxyl groups excluding tert-OH is 2. The van der Waals surface area contributed by atoms with Crippen molar-refractivity contribution in [1.29, 1.82) is 0 Å². The Kier molecular flexibility index (Phi) is 3.72. The average Bonchev–Trinajstić information content (AvgIpc) is 1.84. The van der Waals surface area contributed by atoms with Gasteiger partial charge in [-0.2, -0.15) is 5.06 Å². The highest BCUT2D eigenvalue weighted by Gasteiger charge is 2.06. The Morgan fingerprint density at radius 3 is 2.25 bits per heavy atom. The summed E-state index contributed by atoms with van der Waals surface area (Å²) in [5, 5.41) is 25.9. The third-order valence-electron chi connectivity index (χ3n) is 0.831. The van der Waals surface area contributed by atoms with Gasteiger partial charge in [0.2, 0.25) is 0 Å². The Hall–Kier alpha value is -0.160. The standard InChI is InChI=1S/C4H11NO3/c1-2-5(8)4(7)3-6/h4,6-8H,2-3H2,1H3. The summed E-state index contributed by atoms with van der Waals surface area (Å²) < 4.78 is 0. The zero-order valence-corrected chi connectivity index (χ0v) is 4.78. The molecule has 0 rings (SSSR count). The molecular weight excluding hydrogens is 110 g/mol. The van der Waals surface area contributed by atoms with E-state index in [1.807, 2.05) is 0 Å². The van der Waals surface area contributed by atoms with E-state index in [0.717, 1.165) is 0 Å². The van der Waals surface area contributed by atoms with Crippen LogP contribution in [0.1, 0.15) is 6.92 Å². The summed E-state index contributed by atoms with van der Waals surface area (Å²) in [7, 11) is 0. The molecule has 0 fully saturated rings. The molecule has 0 heterocycles. The van der Waals surface area contributed by atoms with Gasteiger partial charge in [-0.25, -0.2) is 0 Å². The van der Waals surface area contributed by atoms with E-state index in [-0.39, 0.29) is 0 Å². The lowest BCUT2D eigenvalue weighted by molar-refractivity contribution is -0.204. The van der Waals surface area contributed by atoms with Gasteiger partial charge < -0.3 is 15.4 Å². The van der Waals surface area contributed by atoms with Gasteiger partial charge in [0.15, 0.2) is 6.23 Å². The first-order valence-corrected chi connectivity index (χ1v) is 2.46. The summed E-state index contributed by atoms with van der Waals surface area (Å²) in [6, 6.07) is 0. The van der Waals surface area contributed by atoms with Crippen LogP contribution < -0.4 is 0 Å². The van der Waals surface area contributed by atoms with Gasteiger partial charge in [-0.1, -0.05) is 0 Å². The van der Waals surface area contributed by atoms with E-state index in [0.29, 0.717) is 11.6 Å². The van der Waals surface area contributed by atoms with Crippen molar-refractivity contribution >= 4 is 0 Å². The number of rotatable bonds is 3. The van der Waals surface area contributed by atoms with Gasteiger partial charge in [-0.3, -0.25) is 0 Å². The third kappa shape index (κ3) is 2.23. The van der Waals surface area contributed by atoms with E-state index < -0.39 is 12.8 Å². The Morgan fingerprint density at radius 1 is 1.62 bits per heavy atom. The van der Waals surface area contributed by atoms with Crippen LogP contribution >= 0.6 is 0 Å². The second-order valence-electron chi connectivity index (χ2n) is 1.42. The molecule has 4 heteroatoms. The van der Waals surface area contributed by atoms with Crippen molar-refractivity contribution in [1.82, 2.24) is 5.06 Å². The number of aliphatic hydroxyl groups is 2. The predicted molar refractivity (Wildman–Crippen MR) is 27.3 cm³/mol. The molecule has 0 saturated carbocycles. The quantitative estimate of drug-likeness (QED) is 0.331. The smallest absolute Gasteiger partial charge is 0.152 e. The molecule has 1 atom stereocenters. The molecule has 3 N–H and O–H groups in total. The van der Waals surface area contributed by atoms with Crippen molar-refractivity contribution in [3.63, 3.8) is 0 Å². The van der Waals surface area contributed by atoms with E-state index in [2.05, 4.69) is 0 Å². The largest absolute Gasteiger partial charge is 0.392 e. The Labute approximate surface area is 47.9 Å². The molecule has 0 aromatic rings. The highest BCUT2D eigenvalue weighted by atomic mass is 16.5.